The number of pyridine rings is 1. The maximum atomic E-state index is 6.14. The van der Waals surface area contributed by atoms with Crippen molar-refractivity contribution >= 4 is 32.1 Å². The summed E-state index contributed by atoms with van der Waals surface area (Å²) >= 11 is 1.55. The molecular formula is C21H23AsN2O. The second-order valence-electron chi connectivity index (χ2n) is 6.50. The van der Waals surface area contributed by atoms with Crippen LogP contribution in [0.25, 0.3) is 22.0 Å². The average Bonchev–Trinajstić information content (AvgIpc) is 3.15. The molecule has 1 aliphatic heterocycles. The summed E-state index contributed by atoms with van der Waals surface area (Å²) in [5.74, 6) is 0.968. The van der Waals surface area contributed by atoms with Crippen LogP contribution in [0.5, 0.6) is 5.75 Å². The molecule has 25 heavy (non-hydrogen) atoms. The summed E-state index contributed by atoms with van der Waals surface area (Å²) in [6.07, 6.45) is 2.64. The van der Waals surface area contributed by atoms with Gasteiger partial charge in [-0.05, 0) is 12.8 Å². The topological polar surface area (TPSA) is 25.4 Å². The molecule has 0 amide bonds. The van der Waals surface area contributed by atoms with Crippen LogP contribution in [0, 0.1) is 0 Å². The number of nitrogens with zero attached hydrogens (tertiary/aromatic N) is 2. The molecule has 4 heteroatoms. The number of rotatable bonds is 5. The number of fused-ring (bicyclic) bond motifs is 1. The van der Waals surface area contributed by atoms with Gasteiger partial charge in [-0.1, -0.05) is 0 Å². The Balaban J connectivity index is 1.62. The van der Waals surface area contributed by atoms with Crippen molar-refractivity contribution in [1.29, 1.82) is 0 Å². The molecule has 2 heterocycles. The number of hydrogen-bond donors (Lipinski definition) is 0. The Hall–Kier alpha value is -1.83. The molecule has 1 saturated heterocycles. The summed E-state index contributed by atoms with van der Waals surface area (Å²) in [5.41, 5.74) is 2.20. The molecule has 0 N–H and O–H groups in total. The van der Waals surface area contributed by atoms with E-state index in [4.69, 9.17) is 9.72 Å². The van der Waals surface area contributed by atoms with E-state index in [2.05, 4.69) is 59.5 Å². The molecular weight excluding hydrogens is 371 g/mol. The van der Waals surface area contributed by atoms with E-state index in [-0.39, 0.29) is 0 Å². The molecule has 0 bridgehead atoms. The molecule has 0 spiro atoms. The molecule has 0 radical (unpaired) electrons. The molecule has 2 aromatic carbocycles. The third-order valence-corrected chi connectivity index (χ3v) is 5.47. The fourth-order valence-electron chi connectivity index (χ4n) is 3.51. The molecule has 1 aromatic heterocycles. The van der Waals surface area contributed by atoms with Crippen LogP contribution in [0.3, 0.4) is 0 Å². The van der Waals surface area contributed by atoms with E-state index in [1.165, 1.54) is 36.9 Å². The first-order valence-electron chi connectivity index (χ1n) is 8.91. The van der Waals surface area contributed by atoms with Gasteiger partial charge in [0.15, 0.2) is 0 Å². The Morgan fingerprint density at radius 1 is 0.920 bits per heavy atom. The van der Waals surface area contributed by atoms with Gasteiger partial charge in [0, 0.05) is 0 Å². The van der Waals surface area contributed by atoms with Gasteiger partial charge in [-0.15, -0.1) is 0 Å². The van der Waals surface area contributed by atoms with Crippen molar-refractivity contribution in [1.82, 2.24) is 9.88 Å². The Kier molecular flexibility index (Phi) is 5.05. The fourth-order valence-corrected chi connectivity index (χ4v) is 4.04. The van der Waals surface area contributed by atoms with Crippen LogP contribution >= 0.6 is 0 Å². The van der Waals surface area contributed by atoms with Gasteiger partial charge >= 0.3 is 145 Å². The standard InChI is InChI=1S/C21H23AsN2O/c22-21-9-5-8-19(23-21)17-10-11-20(18-7-2-1-6-16(17)18)25-15-14-24-12-3-4-13-24/h1-2,5-11H,3-4,12-15,22H2. The van der Waals surface area contributed by atoms with Gasteiger partial charge in [-0.2, -0.15) is 0 Å². The van der Waals surface area contributed by atoms with Crippen molar-refractivity contribution in [3.05, 3.63) is 54.6 Å². The first-order chi connectivity index (χ1) is 12.3. The van der Waals surface area contributed by atoms with Gasteiger partial charge < -0.3 is 0 Å². The number of likely N-dealkylation sites (tertiary alicyclic amines) is 1. The van der Waals surface area contributed by atoms with Crippen molar-refractivity contribution in [2.75, 3.05) is 26.2 Å². The monoisotopic (exact) mass is 394 g/mol. The number of hydrogen-bond acceptors (Lipinski definition) is 3. The normalized spacial score (nSPS) is 14.9. The average molecular weight is 394 g/mol. The summed E-state index contributed by atoms with van der Waals surface area (Å²) < 4.78 is 7.23. The Bertz CT molecular complexity index is 875. The van der Waals surface area contributed by atoms with Crippen molar-refractivity contribution < 1.29 is 4.74 Å². The Morgan fingerprint density at radius 3 is 2.52 bits per heavy atom. The zero-order valence-electron chi connectivity index (χ0n) is 14.3. The Morgan fingerprint density at radius 2 is 1.72 bits per heavy atom. The van der Waals surface area contributed by atoms with Crippen molar-refractivity contribution in [3.8, 4) is 17.0 Å². The molecule has 0 aliphatic carbocycles. The molecule has 1 unspecified atom stereocenters. The molecule has 4 rings (SSSR count). The van der Waals surface area contributed by atoms with Crippen LogP contribution in [0.2, 0.25) is 0 Å². The van der Waals surface area contributed by atoms with E-state index in [0.717, 1.165) is 34.5 Å². The molecule has 0 saturated carbocycles. The molecule has 3 nitrogen and oxygen atoms in total. The Labute approximate surface area is 157 Å². The van der Waals surface area contributed by atoms with Crippen LogP contribution < -0.4 is 9.22 Å². The molecule has 1 aliphatic rings. The predicted molar refractivity (Wildman–Crippen MR) is 107 cm³/mol. The van der Waals surface area contributed by atoms with Gasteiger partial charge in [0.2, 0.25) is 0 Å². The first-order valence-corrected chi connectivity index (χ1v) is 10.1. The van der Waals surface area contributed by atoms with Crippen molar-refractivity contribution in [3.63, 3.8) is 0 Å². The summed E-state index contributed by atoms with van der Waals surface area (Å²) in [4.78, 5) is 7.20. The second-order valence-corrected chi connectivity index (χ2v) is 7.74. The molecule has 128 valence electrons. The van der Waals surface area contributed by atoms with Crippen LogP contribution in [0.15, 0.2) is 54.6 Å². The SMILES string of the molecule is [AsH2]c1cccc(-c2ccc(OCCN3CCCC3)c3ccccc23)n1. The van der Waals surface area contributed by atoms with Gasteiger partial charge in [0.1, 0.15) is 0 Å². The van der Waals surface area contributed by atoms with E-state index >= 15 is 0 Å². The van der Waals surface area contributed by atoms with E-state index in [1.807, 2.05) is 0 Å². The second kappa shape index (κ2) is 7.59. The minimum atomic E-state index is 0.745. The van der Waals surface area contributed by atoms with Gasteiger partial charge in [-0.3, -0.25) is 0 Å². The molecule has 1 atom stereocenters. The number of aromatic nitrogens is 1. The maximum absolute atomic E-state index is 6.14. The van der Waals surface area contributed by atoms with E-state index in [9.17, 15) is 0 Å². The van der Waals surface area contributed by atoms with Crippen molar-refractivity contribution in [2.24, 2.45) is 0 Å². The number of benzene rings is 2. The zero-order chi connectivity index (χ0) is 17.1. The van der Waals surface area contributed by atoms with E-state index < -0.39 is 0 Å². The summed E-state index contributed by atoms with van der Waals surface area (Å²) in [6, 6.07) is 18.9. The van der Waals surface area contributed by atoms with Crippen LogP contribution in [-0.4, -0.2) is 53.0 Å². The zero-order valence-corrected chi connectivity index (χ0v) is 16.7. The first kappa shape index (κ1) is 16.6. The van der Waals surface area contributed by atoms with Crippen LogP contribution in [0.1, 0.15) is 12.8 Å². The molecule has 3 aromatic rings. The third-order valence-electron chi connectivity index (χ3n) is 4.79. The van der Waals surface area contributed by atoms with Crippen LogP contribution in [0.4, 0.5) is 0 Å². The fraction of sp³-hybridized carbons (Fsp3) is 0.286. The van der Waals surface area contributed by atoms with Gasteiger partial charge in [-0.25, -0.2) is 0 Å². The summed E-state index contributed by atoms with van der Waals surface area (Å²) in [5, 5.41) is 2.36. The summed E-state index contributed by atoms with van der Waals surface area (Å²) in [7, 11) is 0. The van der Waals surface area contributed by atoms with E-state index in [1.54, 1.807) is 16.9 Å². The van der Waals surface area contributed by atoms with E-state index in [0.29, 0.717) is 0 Å². The van der Waals surface area contributed by atoms with Crippen molar-refractivity contribution in [2.45, 2.75) is 12.8 Å². The third kappa shape index (κ3) is 3.73. The predicted octanol–water partition coefficient (Wildman–Crippen LogP) is 2.63. The van der Waals surface area contributed by atoms with Gasteiger partial charge in [0.25, 0.3) is 0 Å². The number of ether oxygens (including phenoxy) is 1. The molecule has 1 fully saturated rings. The minimum absolute atomic E-state index is 0.745. The quantitative estimate of drug-likeness (QED) is 0.623. The van der Waals surface area contributed by atoms with Crippen LogP contribution in [-0.2, 0) is 0 Å². The summed E-state index contributed by atoms with van der Waals surface area (Å²) in [6.45, 7) is 4.18. The van der Waals surface area contributed by atoms with Gasteiger partial charge in [0.05, 0.1) is 0 Å².